The summed E-state index contributed by atoms with van der Waals surface area (Å²) >= 11 is 0. The molecule has 0 spiro atoms. The second-order valence-electron chi connectivity index (χ2n) is 9.47. The number of benzene rings is 2. The lowest BCUT2D eigenvalue weighted by molar-refractivity contribution is -0.149. The molecule has 1 fully saturated rings. The summed E-state index contributed by atoms with van der Waals surface area (Å²) in [6.07, 6.45) is 2.51. The summed E-state index contributed by atoms with van der Waals surface area (Å²) in [6, 6.07) is 16.3. The highest BCUT2D eigenvalue weighted by atomic mass is 16.5. The Kier molecular flexibility index (Phi) is 7.20. The number of hydrogen-bond donors (Lipinski definition) is 3. The van der Waals surface area contributed by atoms with E-state index in [0.717, 1.165) is 24.0 Å². The van der Waals surface area contributed by atoms with Crippen LogP contribution in [0.1, 0.15) is 62.5 Å². The molecule has 180 valence electrons. The molecule has 1 saturated carbocycles. The summed E-state index contributed by atoms with van der Waals surface area (Å²) in [4.78, 5) is 36.4. The number of carboxylic acids is 1. The molecule has 4 rings (SSSR count). The van der Waals surface area contributed by atoms with Crippen molar-refractivity contribution in [2.45, 2.75) is 56.9 Å². The Morgan fingerprint density at radius 2 is 1.59 bits per heavy atom. The average molecular weight is 465 g/mol. The van der Waals surface area contributed by atoms with Crippen LogP contribution in [0.25, 0.3) is 11.1 Å². The predicted molar refractivity (Wildman–Crippen MR) is 128 cm³/mol. The molecular weight excluding hydrogens is 432 g/mol. The third kappa shape index (κ3) is 5.08. The van der Waals surface area contributed by atoms with Gasteiger partial charge in [0.1, 0.15) is 12.1 Å². The molecule has 2 amide bonds. The van der Waals surface area contributed by atoms with E-state index >= 15 is 0 Å². The molecule has 0 radical (unpaired) electrons. The summed E-state index contributed by atoms with van der Waals surface area (Å²) in [5.41, 5.74) is 3.48. The number of nitrogens with one attached hydrogen (secondary N) is 2. The van der Waals surface area contributed by atoms with E-state index in [0.29, 0.717) is 25.2 Å². The smallest absolute Gasteiger partial charge is 0.407 e. The lowest BCUT2D eigenvalue weighted by atomic mass is 9.77. The van der Waals surface area contributed by atoms with E-state index in [2.05, 4.69) is 41.8 Å². The third-order valence-corrected chi connectivity index (χ3v) is 7.11. The number of hydrogen-bond acceptors (Lipinski definition) is 4. The standard InChI is InChI=1S/C27H32N2O5/c1-18-12-14-27(15-13-18,25(31)32)29-24(30)11-6-16-28-26(33)34-17-23-21-9-4-2-7-19(21)20-8-3-5-10-22(20)23/h2-5,7-10,18,23H,6,11-17H2,1H3,(H,28,33)(H,29,30)(H,31,32). The molecule has 0 atom stereocenters. The Balaban J connectivity index is 1.21. The van der Waals surface area contributed by atoms with E-state index in [4.69, 9.17) is 4.74 Å². The monoisotopic (exact) mass is 464 g/mol. The predicted octanol–water partition coefficient (Wildman–Crippen LogP) is 4.46. The summed E-state index contributed by atoms with van der Waals surface area (Å²) in [6.45, 7) is 2.61. The van der Waals surface area contributed by atoms with Crippen molar-refractivity contribution in [3.05, 3.63) is 59.7 Å². The number of alkyl carbamates (subject to hydrolysis) is 1. The molecule has 2 aliphatic carbocycles. The maximum Gasteiger partial charge on any atom is 0.407 e. The molecular formula is C27H32N2O5. The fraction of sp³-hybridized carbons (Fsp3) is 0.444. The zero-order chi connectivity index (χ0) is 24.1. The maximum absolute atomic E-state index is 12.4. The minimum atomic E-state index is -1.16. The van der Waals surface area contributed by atoms with Crippen molar-refractivity contribution in [2.75, 3.05) is 13.2 Å². The largest absolute Gasteiger partial charge is 0.480 e. The maximum atomic E-state index is 12.4. The number of aliphatic carboxylic acids is 1. The second-order valence-corrected chi connectivity index (χ2v) is 9.47. The SMILES string of the molecule is CC1CCC(NC(=O)CCCNC(=O)OCC2c3ccccc3-c3ccccc32)(C(=O)O)CC1. The molecule has 0 heterocycles. The summed E-state index contributed by atoms with van der Waals surface area (Å²) < 4.78 is 5.50. The van der Waals surface area contributed by atoms with Crippen LogP contribution in [0, 0.1) is 5.92 Å². The molecule has 7 heteroatoms. The van der Waals surface area contributed by atoms with Gasteiger partial charge < -0.3 is 20.5 Å². The fourth-order valence-corrected chi connectivity index (χ4v) is 5.07. The highest BCUT2D eigenvalue weighted by Crippen LogP contribution is 2.44. The van der Waals surface area contributed by atoms with E-state index in [1.165, 1.54) is 11.1 Å². The van der Waals surface area contributed by atoms with Crippen LogP contribution < -0.4 is 10.6 Å². The first-order chi connectivity index (χ1) is 16.4. The van der Waals surface area contributed by atoms with Crippen LogP contribution in [0.5, 0.6) is 0 Å². The van der Waals surface area contributed by atoms with E-state index in [9.17, 15) is 19.5 Å². The number of carbonyl (C=O) groups excluding carboxylic acids is 2. The molecule has 0 saturated heterocycles. The van der Waals surface area contributed by atoms with Gasteiger partial charge in [0, 0.05) is 18.9 Å². The zero-order valence-electron chi connectivity index (χ0n) is 19.5. The minimum absolute atomic E-state index is 0.00523. The zero-order valence-corrected chi connectivity index (χ0v) is 19.5. The first-order valence-electron chi connectivity index (χ1n) is 12.0. The van der Waals surface area contributed by atoms with Crippen LogP contribution >= 0.6 is 0 Å². The summed E-state index contributed by atoms with van der Waals surface area (Å²) in [5, 5.41) is 15.1. The van der Waals surface area contributed by atoms with E-state index in [-0.39, 0.29) is 31.4 Å². The molecule has 34 heavy (non-hydrogen) atoms. The first-order valence-corrected chi connectivity index (χ1v) is 12.0. The summed E-state index contributed by atoms with van der Waals surface area (Å²) in [7, 11) is 0. The van der Waals surface area contributed by atoms with Crippen LogP contribution in [-0.2, 0) is 14.3 Å². The number of fused-ring (bicyclic) bond motifs is 3. The number of rotatable bonds is 8. The van der Waals surface area contributed by atoms with Gasteiger partial charge in [0.25, 0.3) is 0 Å². The molecule has 0 aromatic heterocycles. The Labute approximate surface area is 199 Å². The number of carbonyl (C=O) groups is 3. The van der Waals surface area contributed by atoms with Gasteiger partial charge in [-0.1, -0.05) is 55.5 Å². The van der Waals surface area contributed by atoms with Gasteiger partial charge >= 0.3 is 12.1 Å². The Morgan fingerprint density at radius 1 is 1.00 bits per heavy atom. The van der Waals surface area contributed by atoms with Crippen LogP contribution in [0.2, 0.25) is 0 Å². The average Bonchev–Trinajstić information content (AvgIpc) is 3.16. The van der Waals surface area contributed by atoms with Gasteiger partial charge in [-0.3, -0.25) is 4.79 Å². The van der Waals surface area contributed by atoms with E-state index < -0.39 is 17.6 Å². The van der Waals surface area contributed by atoms with Gasteiger partial charge in [-0.2, -0.15) is 0 Å². The highest BCUT2D eigenvalue weighted by molar-refractivity contribution is 5.87. The van der Waals surface area contributed by atoms with Crippen molar-refractivity contribution < 1.29 is 24.2 Å². The van der Waals surface area contributed by atoms with Crippen molar-refractivity contribution in [2.24, 2.45) is 5.92 Å². The van der Waals surface area contributed by atoms with Gasteiger partial charge in [0.2, 0.25) is 5.91 Å². The number of carboxylic acid groups (broad SMARTS) is 1. The van der Waals surface area contributed by atoms with Crippen molar-refractivity contribution >= 4 is 18.0 Å². The topological polar surface area (TPSA) is 105 Å². The van der Waals surface area contributed by atoms with Crippen LogP contribution in [0.15, 0.2) is 48.5 Å². The first kappa shape index (κ1) is 23.8. The molecule has 2 aliphatic rings. The lowest BCUT2D eigenvalue weighted by Crippen LogP contribution is -2.56. The molecule has 2 aromatic rings. The van der Waals surface area contributed by atoms with Gasteiger partial charge in [-0.25, -0.2) is 9.59 Å². The third-order valence-electron chi connectivity index (χ3n) is 7.11. The minimum Gasteiger partial charge on any atom is -0.480 e. The normalized spacial score (nSPS) is 21.3. The molecule has 0 aliphatic heterocycles. The second kappa shape index (κ2) is 10.3. The van der Waals surface area contributed by atoms with Crippen molar-refractivity contribution in [3.63, 3.8) is 0 Å². The Bertz CT molecular complexity index is 1010. The van der Waals surface area contributed by atoms with Gasteiger partial charge in [0.15, 0.2) is 0 Å². The van der Waals surface area contributed by atoms with Gasteiger partial charge in [0.05, 0.1) is 0 Å². The van der Waals surface area contributed by atoms with Crippen LogP contribution in [0.3, 0.4) is 0 Å². The van der Waals surface area contributed by atoms with Crippen molar-refractivity contribution in [1.82, 2.24) is 10.6 Å². The number of amides is 2. The van der Waals surface area contributed by atoms with E-state index in [1.807, 2.05) is 24.3 Å². The van der Waals surface area contributed by atoms with Crippen LogP contribution in [0.4, 0.5) is 4.79 Å². The lowest BCUT2D eigenvalue weighted by Gasteiger charge is -2.36. The fourth-order valence-electron chi connectivity index (χ4n) is 5.07. The van der Waals surface area contributed by atoms with Crippen molar-refractivity contribution in [3.8, 4) is 11.1 Å². The van der Waals surface area contributed by atoms with Crippen molar-refractivity contribution in [1.29, 1.82) is 0 Å². The van der Waals surface area contributed by atoms with Gasteiger partial charge in [-0.05, 0) is 60.3 Å². The molecule has 3 N–H and O–H groups in total. The number of ether oxygens (including phenoxy) is 1. The van der Waals surface area contributed by atoms with E-state index in [1.54, 1.807) is 0 Å². The Hall–Kier alpha value is -3.35. The quantitative estimate of drug-likeness (QED) is 0.501. The Morgan fingerprint density at radius 3 is 2.18 bits per heavy atom. The highest BCUT2D eigenvalue weighted by Gasteiger charge is 2.42. The molecule has 2 aromatic carbocycles. The molecule has 7 nitrogen and oxygen atoms in total. The van der Waals surface area contributed by atoms with Gasteiger partial charge in [-0.15, -0.1) is 0 Å². The molecule has 0 bridgehead atoms. The van der Waals surface area contributed by atoms with Crippen LogP contribution in [-0.4, -0.2) is 41.8 Å². The summed E-state index contributed by atoms with van der Waals surface area (Å²) in [5.74, 6) is -0.795. The molecule has 0 unspecified atom stereocenters.